The number of aromatic nitrogens is 1. The predicted molar refractivity (Wildman–Crippen MR) is 150 cm³/mol. The Morgan fingerprint density at radius 1 is 1.08 bits per heavy atom. The van der Waals surface area contributed by atoms with Gasteiger partial charge in [-0.05, 0) is 112 Å². The zero-order valence-electron chi connectivity index (χ0n) is 22.9. The monoisotopic (exact) mass is 492 g/mol. The summed E-state index contributed by atoms with van der Waals surface area (Å²) in [4.78, 5) is 7.69. The van der Waals surface area contributed by atoms with E-state index in [9.17, 15) is 9.50 Å². The van der Waals surface area contributed by atoms with Gasteiger partial charge in [0.25, 0.3) is 0 Å². The summed E-state index contributed by atoms with van der Waals surface area (Å²) in [6.07, 6.45) is 20.7. The minimum absolute atomic E-state index is 0.0565. The van der Waals surface area contributed by atoms with Crippen molar-refractivity contribution in [3.8, 4) is 0 Å². The van der Waals surface area contributed by atoms with Crippen molar-refractivity contribution in [1.29, 1.82) is 0 Å². The van der Waals surface area contributed by atoms with Crippen LogP contribution in [0.2, 0.25) is 0 Å². The lowest BCUT2D eigenvalue weighted by Gasteiger charge is -2.57. The highest BCUT2D eigenvalue weighted by atomic mass is 19.1. The van der Waals surface area contributed by atoms with Gasteiger partial charge >= 0.3 is 0 Å². The molecule has 2 fully saturated rings. The molecule has 1 aromatic rings. The third-order valence-corrected chi connectivity index (χ3v) is 9.09. The van der Waals surface area contributed by atoms with Crippen LogP contribution >= 0.6 is 0 Å². The number of aliphatic hydroxyl groups excluding tert-OH is 1. The van der Waals surface area contributed by atoms with Gasteiger partial charge in [0.1, 0.15) is 0 Å². The highest BCUT2D eigenvalue weighted by Crippen LogP contribution is 2.66. The average Bonchev–Trinajstić information content (AvgIpc) is 3.21. The Kier molecular flexibility index (Phi) is 9.63. The standard InChI is InChI=1S/C24H30FNO.C5H9N.C3H6/c1-23-11-9-16(27)14-15(23)5-6-17-19-7-8-20(18-4-3-13-26-22(18)25)24(19,2)12-10-21(17)23;1-3-5-6-4-2;1-3-2/h3-5,8,13,16-17,19,21,27H,6-7,9-12,14H2,1-2H3;3-5H,1-2H3;3H,1H2,2H3/b;5-3+,6-4?;/t16?,17?,19?,21-,23?,24?;;/m0../s1. The number of fused-ring (bicyclic) bond motifs is 5. The molecule has 3 nitrogen and oxygen atoms in total. The third kappa shape index (κ3) is 5.49. The Morgan fingerprint density at radius 2 is 1.81 bits per heavy atom. The molecule has 0 spiro atoms. The zero-order valence-corrected chi connectivity index (χ0v) is 22.9. The number of pyridine rings is 1. The fourth-order valence-corrected chi connectivity index (χ4v) is 7.39. The molecule has 1 heterocycles. The van der Waals surface area contributed by atoms with E-state index < -0.39 is 0 Å². The molecule has 4 aliphatic carbocycles. The maximum Gasteiger partial charge on any atom is 0.220 e. The van der Waals surface area contributed by atoms with Crippen LogP contribution < -0.4 is 0 Å². The first-order chi connectivity index (χ1) is 17.3. The number of hydrogen-bond donors (Lipinski definition) is 1. The van der Waals surface area contributed by atoms with Gasteiger partial charge in [-0.2, -0.15) is 4.39 Å². The quantitative estimate of drug-likeness (QED) is 0.256. The van der Waals surface area contributed by atoms with E-state index in [0.717, 1.165) is 38.5 Å². The van der Waals surface area contributed by atoms with Crippen molar-refractivity contribution in [3.63, 3.8) is 0 Å². The highest BCUT2D eigenvalue weighted by molar-refractivity contribution is 5.72. The summed E-state index contributed by atoms with van der Waals surface area (Å²) in [5.74, 6) is 1.63. The first kappa shape index (κ1) is 28.2. The normalized spacial score (nSPS) is 34.8. The molecular formula is C32H45FN2O. The second-order valence-electron chi connectivity index (χ2n) is 11.1. The molecule has 0 bridgehead atoms. The molecule has 4 aliphatic rings. The highest BCUT2D eigenvalue weighted by Gasteiger charge is 2.56. The van der Waals surface area contributed by atoms with Crippen molar-refractivity contribution in [3.05, 3.63) is 72.5 Å². The van der Waals surface area contributed by atoms with Crippen LogP contribution in [0.5, 0.6) is 0 Å². The van der Waals surface area contributed by atoms with E-state index in [4.69, 9.17) is 0 Å². The number of aliphatic imine (C=N–C) groups is 1. The minimum atomic E-state index is -0.327. The van der Waals surface area contributed by atoms with E-state index in [-0.39, 0.29) is 22.9 Å². The van der Waals surface area contributed by atoms with Gasteiger partial charge in [-0.3, -0.25) is 4.99 Å². The first-order valence-corrected chi connectivity index (χ1v) is 13.6. The van der Waals surface area contributed by atoms with Crippen molar-refractivity contribution < 1.29 is 9.50 Å². The van der Waals surface area contributed by atoms with Gasteiger partial charge in [0.05, 0.1) is 6.10 Å². The molecule has 0 saturated heterocycles. The Hall–Kier alpha value is -2.33. The summed E-state index contributed by atoms with van der Waals surface area (Å²) in [6.45, 7) is 13.9. The van der Waals surface area contributed by atoms with Crippen molar-refractivity contribution in [2.24, 2.45) is 33.6 Å². The zero-order chi connectivity index (χ0) is 26.3. The Balaban J connectivity index is 0.000000349. The van der Waals surface area contributed by atoms with Crippen LogP contribution in [0.4, 0.5) is 4.39 Å². The van der Waals surface area contributed by atoms with E-state index >= 15 is 0 Å². The van der Waals surface area contributed by atoms with Crippen molar-refractivity contribution in [2.45, 2.75) is 85.7 Å². The second kappa shape index (κ2) is 12.3. The maximum absolute atomic E-state index is 14.4. The van der Waals surface area contributed by atoms with Gasteiger partial charge in [0.15, 0.2) is 0 Å². The SMILES string of the molecule is C=CC.CC12CC[C@H]3C(CC=C4CC(O)CCC43C)C1CC=C2c1cccnc1F.CC=N/C=C/C. The topological polar surface area (TPSA) is 45.5 Å². The summed E-state index contributed by atoms with van der Waals surface area (Å²) >= 11 is 0. The Bertz CT molecular complexity index is 1010. The molecule has 2 saturated carbocycles. The summed E-state index contributed by atoms with van der Waals surface area (Å²) in [5, 5.41) is 10.1. The molecule has 6 atom stereocenters. The van der Waals surface area contributed by atoms with Crippen LogP contribution in [-0.4, -0.2) is 22.4 Å². The number of halogens is 1. The lowest BCUT2D eigenvalue weighted by atomic mass is 9.47. The summed E-state index contributed by atoms with van der Waals surface area (Å²) in [6, 6.07) is 3.75. The Morgan fingerprint density at radius 3 is 2.44 bits per heavy atom. The number of allylic oxidation sites excluding steroid dienone is 5. The molecule has 5 rings (SSSR count). The summed E-state index contributed by atoms with van der Waals surface area (Å²) in [5.41, 5.74) is 3.72. The van der Waals surface area contributed by atoms with Crippen molar-refractivity contribution in [1.82, 2.24) is 4.98 Å². The molecule has 0 aliphatic heterocycles. The molecule has 5 unspecified atom stereocenters. The van der Waals surface area contributed by atoms with E-state index in [2.05, 4.69) is 42.6 Å². The number of hydrogen-bond acceptors (Lipinski definition) is 3. The van der Waals surface area contributed by atoms with Crippen LogP contribution in [0.25, 0.3) is 5.57 Å². The number of rotatable bonds is 2. The minimum Gasteiger partial charge on any atom is -0.393 e. The molecule has 36 heavy (non-hydrogen) atoms. The van der Waals surface area contributed by atoms with E-state index in [1.165, 1.54) is 23.8 Å². The molecule has 1 N–H and O–H groups in total. The average molecular weight is 493 g/mol. The van der Waals surface area contributed by atoms with E-state index in [1.54, 1.807) is 18.5 Å². The molecule has 0 radical (unpaired) electrons. The van der Waals surface area contributed by atoms with Crippen LogP contribution in [0.3, 0.4) is 0 Å². The van der Waals surface area contributed by atoms with E-state index in [1.807, 2.05) is 39.0 Å². The van der Waals surface area contributed by atoms with Crippen molar-refractivity contribution in [2.75, 3.05) is 0 Å². The van der Waals surface area contributed by atoms with Gasteiger partial charge in [0.2, 0.25) is 5.95 Å². The van der Waals surface area contributed by atoms with Gasteiger partial charge in [-0.15, -0.1) is 6.58 Å². The molecule has 0 amide bonds. The van der Waals surface area contributed by atoms with Crippen LogP contribution in [0.1, 0.15) is 85.1 Å². The predicted octanol–water partition coefficient (Wildman–Crippen LogP) is 8.34. The molecule has 4 heteroatoms. The molecule has 196 valence electrons. The molecule has 1 aromatic heterocycles. The van der Waals surface area contributed by atoms with Crippen LogP contribution in [-0.2, 0) is 0 Å². The van der Waals surface area contributed by atoms with Gasteiger partial charge in [-0.1, -0.05) is 43.7 Å². The Labute approximate surface area is 218 Å². The first-order valence-electron chi connectivity index (χ1n) is 13.6. The lowest BCUT2D eigenvalue weighted by Crippen LogP contribution is -2.49. The summed E-state index contributed by atoms with van der Waals surface area (Å²) in [7, 11) is 0. The van der Waals surface area contributed by atoms with Gasteiger partial charge < -0.3 is 5.11 Å². The van der Waals surface area contributed by atoms with Crippen LogP contribution in [0.15, 0.2) is 66.0 Å². The fraction of sp³-hybridized carbons (Fsp3) is 0.562. The van der Waals surface area contributed by atoms with Gasteiger partial charge in [0, 0.05) is 24.2 Å². The number of aliphatic hydroxyl groups is 1. The van der Waals surface area contributed by atoms with Crippen LogP contribution in [0, 0.1) is 34.5 Å². The summed E-state index contributed by atoms with van der Waals surface area (Å²) < 4.78 is 14.4. The molecular weight excluding hydrogens is 447 g/mol. The smallest absolute Gasteiger partial charge is 0.220 e. The lowest BCUT2D eigenvalue weighted by molar-refractivity contribution is -0.0238. The van der Waals surface area contributed by atoms with E-state index in [0.29, 0.717) is 23.3 Å². The number of nitrogens with zero attached hydrogens (tertiary/aromatic N) is 2. The second-order valence-corrected chi connectivity index (χ2v) is 11.1. The fourth-order valence-electron chi connectivity index (χ4n) is 7.39. The van der Waals surface area contributed by atoms with Gasteiger partial charge in [-0.25, -0.2) is 4.98 Å². The van der Waals surface area contributed by atoms with Crippen molar-refractivity contribution >= 4 is 11.8 Å². The largest absolute Gasteiger partial charge is 0.393 e. The maximum atomic E-state index is 14.4. The third-order valence-electron chi connectivity index (χ3n) is 9.09. The molecule has 0 aromatic carbocycles.